The molecule has 1 rings (SSSR count). The van der Waals surface area contributed by atoms with Crippen molar-refractivity contribution in [2.24, 2.45) is 0 Å². The van der Waals surface area contributed by atoms with Gasteiger partial charge in [0.1, 0.15) is 6.42 Å². The van der Waals surface area contributed by atoms with Crippen LogP contribution >= 0.6 is 0 Å². The van der Waals surface area contributed by atoms with Gasteiger partial charge in [-0.15, -0.1) is 0 Å². The molecule has 1 aliphatic rings. The third-order valence-corrected chi connectivity index (χ3v) is 2.73. The molecular weight excluding hydrogens is 206 g/mol. The first-order valence-electron chi connectivity index (χ1n) is 5.61. The highest BCUT2D eigenvalue weighted by atomic mass is 16.2. The molecule has 0 unspecified atom stereocenters. The van der Waals surface area contributed by atoms with E-state index in [-0.39, 0.29) is 18.2 Å². The quantitative estimate of drug-likeness (QED) is 0.679. The Labute approximate surface area is 95.6 Å². The number of hydrogen-bond donors (Lipinski definition) is 0. The van der Waals surface area contributed by atoms with Crippen LogP contribution in [0.15, 0.2) is 0 Å². The van der Waals surface area contributed by atoms with Crippen LogP contribution < -0.4 is 0 Å². The highest BCUT2D eigenvalue weighted by molar-refractivity contribution is 5.79. The number of amides is 2. The Morgan fingerprint density at radius 3 is 2.19 bits per heavy atom. The Bertz CT molecular complexity index is 309. The maximum Gasteiger partial charge on any atom is 0.236 e. The van der Waals surface area contributed by atoms with E-state index in [1.54, 1.807) is 9.80 Å². The van der Waals surface area contributed by atoms with Crippen LogP contribution in [0.25, 0.3) is 0 Å². The van der Waals surface area contributed by atoms with Crippen molar-refractivity contribution < 1.29 is 9.59 Å². The molecule has 0 saturated carbocycles. The summed E-state index contributed by atoms with van der Waals surface area (Å²) in [6, 6.07) is 1.86. The van der Waals surface area contributed by atoms with Crippen LogP contribution in [0, 0.1) is 11.3 Å². The fourth-order valence-corrected chi connectivity index (χ4v) is 1.82. The summed E-state index contributed by atoms with van der Waals surface area (Å²) in [5.41, 5.74) is 0. The molecule has 88 valence electrons. The Morgan fingerprint density at radius 1 is 1.12 bits per heavy atom. The molecule has 16 heavy (non-hydrogen) atoms. The maximum atomic E-state index is 11.5. The lowest BCUT2D eigenvalue weighted by molar-refractivity contribution is -0.132. The predicted octanol–water partition coefficient (Wildman–Crippen LogP) is 0.371. The molecule has 2 amide bonds. The summed E-state index contributed by atoms with van der Waals surface area (Å²) in [7, 11) is 0. The minimum atomic E-state index is -0.131. The third kappa shape index (κ3) is 3.23. The van der Waals surface area contributed by atoms with Crippen LogP contribution in [0.1, 0.15) is 26.2 Å². The summed E-state index contributed by atoms with van der Waals surface area (Å²) in [5, 5.41) is 8.45. The summed E-state index contributed by atoms with van der Waals surface area (Å²) in [5.74, 6) is 0.00267. The Kier molecular flexibility index (Phi) is 4.77. The van der Waals surface area contributed by atoms with E-state index in [0.717, 1.165) is 6.42 Å². The lowest BCUT2D eigenvalue weighted by Crippen LogP contribution is -2.36. The Hall–Kier alpha value is -1.57. The standard InChI is InChI=1S/C11H17N3O2/c1-2-10(15)13-6-3-7-14(9-8-13)11(16)4-5-12/h2-4,6-9H2,1H3. The van der Waals surface area contributed by atoms with E-state index < -0.39 is 0 Å². The van der Waals surface area contributed by atoms with Crippen LogP contribution in [0.2, 0.25) is 0 Å². The number of carbonyl (C=O) groups excluding carboxylic acids is 2. The first kappa shape index (κ1) is 12.5. The Morgan fingerprint density at radius 2 is 1.69 bits per heavy atom. The highest BCUT2D eigenvalue weighted by Crippen LogP contribution is 2.06. The zero-order chi connectivity index (χ0) is 12.0. The van der Waals surface area contributed by atoms with Gasteiger partial charge in [-0.3, -0.25) is 9.59 Å². The van der Waals surface area contributed by atoms with E-state index in [2.05, 4.69) is 0 Å². The zero-order valence-corrected chi connectivity index (χ0v) is 9.61. The second kappa shape index (κ2) is 6.11. The van der Waals surface area contributed by atoms with Crippen molar-refractivity contribution >= 4 is 11.8 Å². The van der Waals surface area contributed by atoms with Crippen LogP contribution in [-0.4, -0.2) is 47.8 Å². The van der Waals surface area contributed by atoms with Crippen molar-refractivity contribution in [2.45, 2.75) is 26.2 Å². The molecule has 1 saturated heterocycles. The molecule has 5 heteroatoms. The minimum absolute atomic E-state index is 0.0677. The van der Waals surface area contributed by atoms with E-state index >= 15 is 0 Å². The van der Waals surface area contributed by atoms with E-state index in [9.17, 15) is 9.59 Å². The van der Waals surface area contributed by atoms with Crippen LogP contribution in [-0.2, 0) is 9.59 Å². The molecular formula is C11H17N3O2. The fourth-order valence-electron chi connectivity index (χ4n) is 1.82. The Balaban J connectivity index is 2.49. The lowest BCUT2D eigenvalue weighted by Gasteiger charge is -2.21. The van der Waals surface area contributed by atoms with Gasteiger partial charge in [0, 0.05) is 32.6 Å². The number of nitriles is 1. The van der Waals surface area contributed by atoms with Gasteiger partial charge in [0.25, 0.3) is 0 Å². The molecule has 0 aromatic heterocycles. The highest BCUT2D eigenvalue weighted by Gasteiger charge is 2.20. The van der Waals surface area contributed by atoms with Crippen molar-refractivity contribution in [1.82, 2.24) is 9.80 Å². The largest absolute Gasteiger partial charge is 0.341 e. The van der Waals surface area contributed by atoms with E-state index in [4.69, 9.17) is 5.26 Å². The molecule has 0 N–H and O–H groups in total. The number of nitrogens with zero attached hydrogens (tertiary/aromatic N) is 3. The molecule has 1 fully saturated rings. The molecule has 0 aromatic carbocycles. The number of carbonyl (C=O) groups is 2. The SMILES string of the molecule is CCC(=O)N1CCCN(C(=O)CC#N)CC1. The second-order valence-electron chi connectivity index (χ2n) is 3.80. The van der Waals surface area contributed by atoms with Crippen molar-refractivity contribution in [3.05, 3.63) is 0 Å². The topological polar surface area (TPSA) is 64.4 Å². The van der Waals surface area contributed by atoms with Gasteiger partial charge in [-0.2, -0.15) is 5.26 Å². The first-order chi connectivity index (χ1) is 7.69. The molecule has 0 spiro atoms. The summed E-state index contributed by atoms with van der Waals surface area (Å²) in [6.45, 7) is 4.33. The fraction of sp³-hybridized carbons (Fsp3) is 0.727. The smallest absolute Gasteiger partial charge is 0.236 e. The van der Waals surface area contributed by atoms with Crippen LogP contribution in [0.4, 0.5) is 0 Å². The van der Waals surface area contributed by atoms with Crippen LogP contribution in [0.5, 0.6) is 0 Å². The molecule has 1 aliphatic heterocycles. The van der Waals surface area contributed by atoms with Gasteiger partial charge in [-0.1, -0.05) is 6.92 Å². The van der Waals surface area contributed by atoms with Crippen LogP contribution in [0.3, 0.4) is 0 Å². The summed E-state index contributed by atoms with van der Waals surface area (Å²) >= 11 is 0. The van der Waals surface area contributed by atoms with Crippen molar-refractivity contribution in [3.63, 3.8) is 0 Å². The first-order valence-corrected chi connectivity index (χ1v) is 5.61. The molecule has 5 nitrogen and oxygen atoms in total. The van der Waals surface area contributed by atoms with Gasteiger partial charge in [0.2, 0.25) is 11.8 Å². The third-order valence-electron chi connectivity index (χ3n) is 2.73. The van der Waals surface area contributed by atoms with Gasteiger partial charge in [-0.05, 0) is 6.42 Å². The molecule has 0 bridgehead atoms. The maximum absolute atomic E-state index is 11.5. The monoisotopic (exact) mass is 223 g/mol. The van der Waals surface area contributed by atoms with E-state index in [1.165, 1.54) is 0 Å². The molecule has 1 heterocycles. The summed E-state index contributed by atoms with van der Waals surface area (Å²) < 4.78 is 0. The lowest BCUT2D eigenvalue weighted by atomic mass is 10.3. The number of rotatable bonds is 2. The van der Waals surface area contributed by atoms with Gasteiger partial charge in [-0.25, -0.2) is 0 Å². The zero-order valence-electron chi connectivity index (χ0n) is 9.61. The van der Waals surface area contributed by atoms with Gasteiger partial charge >= 0.3 is 0 Å². The molecule has 0 aromatic rings. The second-order valence-corrected chi connectivity index (χ2v) is 3.80. The molecule has 0 radical (unpaired) electrons. The number of hydrogen-bond acceptors (Lipinski definition) is 3. The summed E-state index contributed by atoms with van der Waals surface area (Å²) in [4.78, 5) is 26.5. The van der Waals surface area contributed by atoms with Crippen molar-refractivity contribution in [2.75, 3.05) is 26.2 Å². The average Bonchev–Trinajstić information content (AvgIpc) is 2.53. The average molecular weight is 223 g/mol. The molecule has 0 atom stereocenters. The normalized spacial score (nSPS) is 16.5. The predicted molar refractivity (Wildman–Crippen MR) is 58.3 cm³/mol. The minimum Gasteiger partial charge on any atom is -0.341 e. The van der Waals surface area contributed by atoms with E-state index in [0.29, 0.717) is 32.6 Å². The van der Waals surface area contributed by atoms with Gasteiger partial charge in [0.05, 0.1) is 6.07 Å². The van der Waals surface area contributed by atoms with Crippen molar-refractivity contribution in [3.8, 4) is 6.07 Å². The van der Waals surface area contributed by atoms with E-state index in [1.807, 2.05) is 13.0 Å². The summed E-state index contributed by atoms with van der Waals surface area (Å²) in [6.07, 6.45) is 1.23. The van der Waals surface area contributed by atoms with Crippen molar-refractivity contribution in [1.29, 1.82) is 5.26 Å². The molecule has 0 aliphatic carbocycles. The van der Waals surface area contributed by atoms with Gasteiger partial charge in [0.15, 0.2) is 0 Å². The van der Waals surface area contributed by atoms with Gasteiger partial charge < -0.3 is 9.80 Å².